The molecule has 6 heteroatoms. The fourth-order valence-corrected chi connectivity index (χ4v) is 2.86. The standard InChI is InChI=1S/C20H21BN2O3/c1-26-18-7-6-15-5-4-14(9-17(15)11-18)10-20(25)23(21)13-19(24)16-3-2-8-22-12-16/h2-9,11-12,19,24H,10,13,21H2,1H3. The zero-order chi connectivity index (χ0) is 18.5. The molecule has 0 saturated heterocycles. The van der Waals surface area contributed by atoms with Crippen LogP contribution in [-0.2, 0) is 11.2 Å². The van der Waals surface area contributed by atoms with Gasteiger partial charge in [0.2, 0.25) is 13.9 Å². The van der Waals surface area contributed by atoms with Gasteiger partial charge in [-0.05, 0) is 34.5 Å². The highest BCUT2D eigenvalue weighted by Gasteiger charge is 2.15. The van der Waals surface area contributed by atoms with Gasteiger partial charge in [-0.3, -0.25) is 9.78 Å². The van der Waals surface area contributed by atoms with Crippen LogP contribution in [0.5, 0.6) is 5.75 Å². The number of hydrogen-bond donors (Lipinski definition) is 1. The van der Waals surface area contributed by atoms with E-state index in [1.807, 2.05) is 36.4 Å². The Morgan fingerprint density at radius 2 is 2.04 bits per heavy atom. The molecule has 1 heterocycles. The number of carbonyl (C=O) groups is 1. The predicted molar refractivity (Wildman–Crippen MR) is 104 cm³/mol. The molecule has 0 aliphatic rings. The van der Waals surface area contributed by atoms with Gasteiger partial charge >= 0.3 is 0 Å². The summed E-state index contributed by atoms with van der Waals surface area (Å²) in [6.07, 6.45) is 2.79. The number of rotatable bonds is 6. The third kappa shape index (κ3) is 4.21. The normalized spacial score (nSPS) is 11.9. The van der Waals surface area contributed by atoms with Crippen LogP contribution in [0.2, 0.25) is 0 Å². The number of benzene rings is 2. The van der Waals surface area contributed by atoms with E-state index in [2.05, 4.69) is 4.98 Å². The summed E-state index contributed by atoms with van der Waals surface area (Å²) in [5.41, 5.74) is 1.63. The molecule has 0 saturated carbocycles. The lowest BCUT2D eigenvalue weighted by Crippen LogP contribution is -2.33. The largest absolute Gasteiger partial charge is 0.497 e. The van der Waals surface area contributed by atoms with Crippen LogP contribution in [0.3, 0.4) is 0 Å². The Kier molecular flexibility index (Phi) is 5.53. The number of amides is 1. The van der Waals surface area contributed by atoms with E-state index >= 15 is 0 Å². The van der Waals surface area contributed by atoms with E-state index in [0.717, 1.165) is 22.1 Å². The number of aliphatic hydroxyl groups is 1. The van der Waals surface area contributed by atoms with Crippen molar-refractivity contribution in [2.45, 2.75) is 12.5 Å². The quantitative estimate of drug-likeness (QED) is 0.691. The maximum absolute atomic E-state index is 12.5. The maximum Gasteiger partial charge on any atom is 0.221 e. The van der Waals surface area contributed by atoms with E-state index < -0.39 is 6.10 Å². The lowest BCUT2D eigenvalue weighted by atomic mass is 10.0. The van der Waals surface area contributed by atoms with Gasteiger partial charge in [0.1, 0.15) is 5.75 Å². The van der Waals surface area contributed by atoms with Crippen LogP contribution < -0.4 is 4.74 Å². The van der Waals surface area contributed by atoms with Gasteiger partial charge in [-0.1, -0.05) is 30.3 Å². The molecule has 132 valence electrons. The molecule has 5 nitrogen and oxygen atoms in total. The summed E-state index contributed by atoms with van der Waals surface area (Å²) in [6.45, 7) is 0.228. The van der Waals surface area contributed by atoms with Gasteiger partial charge < -0.3 is 14.7 Å². The van der Waals surface area contributed by atoms with Crippen molar-refractivity contribution in [1.82, 2.24) is 9.79 Å². The van der Waals surface area contributed by atoms with Crippen molar-refractivity contribution in [2.24, 2.45) is 0 Å². The summed E-state index contributed by atoms with van der Waals surface area (Å²) in [5, 5.41) is 12.4. The number of hydrogen-bond acceptors (Lipinski definition) is 4. The van der Waals surface area contributed by atoms with Gasteiger partial charge in [0, 0.05) is 24.5 Å². The van der Waals surface area contributed by atoms with E-state index in [9.17, 15) is 9.90 Å². The van der Waals surface area contributed by atoms with Crippen molar-refractivity contribution in [3.8, 4) is 5.75 Å². The molecule has 0 radical (unpaired) electrons. The molecule has 26 heavy (non-hydrogen) atoms. The van der Waals surface area contributed by atoms with E-state index in [1.54, 1.807) is 44.4 Å². The molecule has 1 atom stereocenters. The molecular formula is C20H21BN2O3. The van der Waals surface area contributed by atoms with Crippen molar-refractivity contribution < 1.29 is 14.6 Å². The average Bonchev–Trinajstić information content (AvgIpc) is 2.67. The molecule has 0 spiro atoms. The smallest absolute Gasteiger partial charge is 0.221 e. The molecule has 3 aromatic rings. The summed E-state index contributed by atoms with van der Waals surface area (Å²) in [5.74, 6) is 0.743. The van der Waals surface area contributed by atoms with Crippen molar-refractivity contribution in [3.05, 3.63) is 72.1 Å². The first kappa shape index (κ1) is 18.0. The van der Waals surface area contributed by atoms with Gasteiger partial charge in [-0.2, -0.15) is 0 Å². The average molecular weight is 348 g/mol. The summed E-state index contributed by atoms with van der Waals surface area (Å²) in [6, 6.07) is 15.4. The SMILES string of the molecule is BN(CC(O)c1cccnc1)C(=O)Cc1ccc2ccc(OC)cc2c1. The Morgan fingerprint density at radius 1 is 1.23 bits per heavy atom. The van der Waals surface area contributed by atoms with Crippen LogP contribution in [-0.4, -0.2) is 42.4 Å². The zero-order valence-corrected chi connectivity index (χ0v) is 14.9. The Balaban J connectivity index is 1.67. The molecule has 1 amide bonds. The predicted octanol–water partition coefficient (Wildman–Crippen LogP) is 1.90. The summed E-state index contributed by atoms with van der Waals surface area (Å²) in [4.78, 5) is 18.1. The Morgan fingerprint density at radius 3 is 2.77 bits per heavy atom. The van der Waals surface area contributed by atoms with Crippen molar-refractivity contribution in [3.63, 3.8) is 0 Å². The van der Waals surface area contributed by atoms with Crippen molar-refractivity contribution in [1.29, 1.82) is 0 Å². The first-order valence-corrected chi connectivity index (χ1v) is 8.45. The number of aliphatic hydroxyl groups excluding tert-OH is 1. The first-order chi connectivity index (χ1) is 12.6. The van der Waals surface area contributed by atoms with Crippen LogP contribution in [0.1, 0.15) is 17.2 Å². The van der Waals surface area contributed by atoms with Gasteiger partial charge in [0.25, 0.3) is 0 Å². The van der Waals surface area contributed by atoms with Gasteiger partial charge in [-0.15, -0.1) is 0 Å². The van der Waals surface area contributed by atoms with Crippen LogP contribution in [0, 0.1) is 0 Å². The number of aromatic nitrogens is 1. The van der Waals surface area contributed by atoms with Crippen LogP contribution in [0.25, 0.3) is 10.8 Å². The van der Waals surface area contributed by atoms with Crippen LogP contribution >= 0.6 is 0 Å². The van der Waals surface area contributed by atoms with Gasteiger partial charge in [0.15, 0.2) is 0 Å². The molecular weight excluding hydrogens is 327 g/mol. The van der Waals surface area contributed by atoms with Crippen molar-refractivity contribution in [2.75, 3.05) is 13.7 Å². The summed E-state index contributed by atoms with van der Waals surface area (Å²) in [7, 11) is 3.34. The number of carbonyl (C=O) groups excluding carboxylic acids is 1. The highest BCUT2D eigenvalue weighted by molar-refractivity contribution is 6.14. The molecule has 1 unspecified atom stereocenters. The molecule has 0 aliphatic heterocycles. The molecule has 1 aromatic heterocycles. The van der Waals surface area contributed by atoms with E-state index in [4.69, 9.17) is 4.74 Å². The highest BCUT2D eigenvalue weighted by atomic mass is 16.5. The summed E-state index contributed by atoms with van der Waals surface area (Å²) >= 11 is 0. The number of fused-ring (bicyclic) bond motifs is 1. The van der Waals surface area contributed by atoms with Gasteiger partial charge in [-0.25, -0.2) is 0 Å². The number of ether oxygens (including phenoxy) is 1. The lowest BCUT2D eigenvalue weighted by molar-refractivity contribution is -0.126. The molecule has 0 aliphatic carbocycles. The molecule has 0 fully saturated rings. The Labute approximate surface area is 153 Å². The Hall–Kier alpha value is -2.86. The summed E-state index contributed by atoms with van der Waals surface area (Å²) < 4.78 is 5.26. The van der Waals surface area contributed by atoms with Crippen LogP contribution in [0.4, 0.5) is 0 Å². The molecule has 2 aromatic carbocycles. The van der Waals surface area contributed by atoms with Crippen molar-refractivity contribution >= 4 is 24.7 Å². The minimum Gasteiger partial charge on any atom is -0.497 e. The molecule has 1 N–H and O–H groups in total. The number of methoxy groups -OCH3 is 1. The number of pyridine rings is 1. The van der Waals surface area contributed by atoms with E-state index in [0.29, 0.717) is 5.56 Å². The van der Waals surface area contributed by atoms with E-state index in [-0.39, 0.29) is 18.9 Å². The minimum atomic E-state index is -0.751. The molecule has 3 rings (SSSR count). The fraction of sp³-hybridized carbons (Fsp3) is 0.200. The van der Waals surface area contributed by atoms with Crippen LogP contribution in [0.15, 0.2) is 60.9 Å². The third-order valence-electron chi connectivity index (χ3n) is 4.41. The Bertz CT molecular complexity index is 902. The first-order valence-electron chi connectivity index (χ1n) is 8.45. The second-order valence-electron chi connectivity index (χ2n) is 6.30. The second kappa shape index (κ2) is 8.02. The second-order valence-corrected chi connectivity index (χ2v) is 6.30. The van der Waals surface area contributed by atoms with Gasteiger partial charge in [0.05, 0.1) is 19.6 Å². The third-order valence-corrected chi connectivity index (χ3v) is 4.41. The lowest BCUT2D eigenvalue weighted by Gasteiger charge is -2.21. The monoisotopic (exact) mass is 348 g/mol. The zero-order valence-electron chi connectivity index (χ0n) is 14.9. The maximum atomic E-state index is 12.5. The highest BCUT2D eigenvalue weighted by Crippen LogP contribution is 2.22. The molecule has 0 bridgehead atoms. The number of nitrogens with zero attached hydrogens (tertiary/aromatic N) is 2. The minimum absolute atomic E-state index is 0.0461. The topological polar surface area (TPSA) is 62.7 Å². The van der Waals surface area contributed by atoms with E-state index in [1.165, 1.54) is 0 Å². The fourth-order valence-electron chi connectivity index (χ4n) is 2.86.